The van der Waals surface area contributed by atoms with E-state index < -0.39 is 23.1 Å². The van der Waals surface area contributed by atoms with Crippen molar-refractivity contribution < 1.29 is 24.1 Å². The third kappa shape index (κ3) is 5.56. The summed E-state index contributed by atoms with van der Waals surface area (Å²) in [7, 11) is 2.72. The van der Waals surface area contributed by atoms with Crippen LogP contribution in [0.15, 0.2) is 24.4 Å². The third-order valence-corrected chi connectivity index (χ3v) is 6.37. The SMILES string of the molecule is COC(=O)c1cc(Nc2nn(C3CCCC3)cc2C(N)=O)ccc1[B]OC(C)(C)C(C)(C)O. The Morgan fingerprint density at radius 2 is 1.88 bits per heavy atom. The van der Waals surface area contributed by atoms with Crippen molar-refractivity contribution in [3.8, 4) is 0 Å². The van der Waals surface area contributed by atoms with Gasteiger partial charge in [0.2, 0.25) is 0 Å². The summed E-state index contributed by atoms with van der Waals surface area (Å²) in [6.45, 7) is 6.80. The molecule has 10 heteroatoms. The molecular formula is C23H32BN4O5. The van der Waals surface area contributed by atoms with Crippen molar-refractivity contribution in [3.05, 3.63) is 35.5 Å². The largest absolute Gasteiger partial charge is 0.465 e. The van der Waals surface area contributed by atoms with Gasteiger partial charge < -0.3 is 25.5 Å². The van der Waals surface area contributed by atoms with Gasteiger partial charge in [0.15, 0.2) is 5.82 Å². The van der Waals surface area contributed by atoms with Crippen molar-refractivity contribution in [2.24, 2.45) is 5.73 Å². The molecule has 177 valence electrons. The molecule has 1 saturated carbocycles. The summed E-state index contributed by atoms with van der Waals surface area (Å²) >= 11 is 0. The Hall–Kier alpha value is -2.85. The molecule has 0 saturated heterocycles. The zero-order valence-corrected chi connectivity index (χ0v) is 19.8. The number of aromatic nitrogens is 2. The van der Waals surface area contributed by atoms with Gasteiger partial charge in [-0.2, -0.15) is 5.10 Å². The van der Waals surface area contributed by atoms with Gasteiger partial charge in [-0.15, -0.1) is 0 Å². The number of amides is 1. The summed E-state index contributed by atoms with van der Waals surface area (Å²) in [6, 6.07) is 5.26. The van der Waals surface area contributed by atoms with E-state index in [1.54, 1.807) is 56.8 Å². The second-order valence-electron chi connectivity index (χ2n) is 9.40. The maximum atomic E-state index is 12.4. The lowest BCUT2D eigenvalue weighted by atomic mass is 9.80. The first-order chi connectivity index (χ1) is 15.4. The number of aliphatic hydroxyl groups is 1. The van der Waals surface area contributed by atoms with Gasteiger partial charge in [-0.05, 0) is 58.1 Å². The summed E-state index contributed by atoms with van der Waals surface area (Å²) < 4.78 is 12.5. The summed E-state index contributed by atoms with van der Waals surface area (Å²) in [6.07, 6.45) is 5.96. The molecule has 9 nitrogen and oxygen atoms in total. The topological polar surface area (TPSA) is 129 Å². The number of nitrogens with two attached hydrogens (primary N) is 1. The van der Waals surface area contributed by atoms with Crippen LogP contribution in [0.3, 0.4) is 0 Å². The maximum Gasteiger partial charge on any atom is 0.337 e. The molecule has 1 aromatic carbocycles. The van der Waals surface area contributed by atoms with Crippen LogP contribution in [0.25, 0.3) is 0 Å². The third-order valence-electron chi connectivity index (χ3n) is 6.37. The van der Waals surface area contributed by atoms with E-state index >= 15 is 0 Å². The van der Waals surface area contributed by atoms with Crippen molar-refractivity contribution in [1.82, 2.24) is 9.78 Å². The van der Waals surface area contributed by atoms with E-state index in [2.05, 4.69) is 10.4 Å². The zero-order valence-electron chi connectivity index (χ0n) is 19.8. The number of anilines is 2. The van der Waals surface area contributed by atoms with E-state index in [0.29, 0.717) is 17.0 Å². The van der Waals surface area contributed by atoms with E-state index in [4.69, 9.17) is 15.1 Å². The van der Waals surface area contributed by atoms with Crippen molar-refractivity contribution in [2.75, 3.05) is 12.4 Å². The first-order valence-corrected chi connectivity index (χ1v) is 11.0. The van der Waals surface area contributed by atoms with Gasteiger partial charge in [0.25, 0.3) is 5.91 Å². The van der Waals surface area contributed by atoms with E-state index in [-0.39, 0.29) is 17.2 Å². The second-order valence-corrected chi connectivity index (χ2v) is 9.40. The van der Waals surface area contributed by atoms with Crippen LogP contribution >= 0.6 is 0 Å². The smallest absolute Gasteiger partial charge is 0.337 e. The Balaban J connectivity index is 1.87. The Bertz CT molecular complexity index is 1020. The fourth-order valence-electron chi connectivity index (χ4n) is 3.54. The minimum atomic E-state index is -1.11. The highest BCUT2D eigenvalue weighted by molar-refractivity contribution is 6.49. The number of methoxy groups -OCH3 is 1. The molecule has 0 unspecified atom stereocenters. The molecule has 0 spiro atoms. The molecule has 1 aliphatic carbocycles. The number of ether oxygens (including phenoxy) is 1. The minimum Gasteiger partial charge on any atom is -0.465 e. The molecule has 1 amide bonds. The number of esters is 1. The first-order valence-electron chi connectivity index (χ1n) is 11.0. The summed E-state index contributed by atoms with van der Waals surface area (Å²) in [5, 5.41) is 18.0. The van der Waals surface area contributed by atoms with Gasteiger partial charge in [-0.3, -0.25) is 9.48 Å². The number of benzene rings is 1. The van der Waals surface area contributed by atoms with E-state index in [9.17, 15) is 14.7 Å². The number of nitrogens with zero attached hydrogens (tertiary/aromatic N) is 2. The van der Waals surface area contributed by atoms with Crippen LogP contribution in [0.1, 0.15) is 80.1 Å². The fraction of sp³-hybridized carbons (Fsp3) is 0.522. The van der Waals surface area contributed by atoms with Crippen LogP contribution < -0.4 is 16.5 Å². The van der Waals surface area contributed by atoms with Gasteiger partial charge in [-0.1, -0.05) is 18.9 Å². The number of hydrogen-bond donors (Lipinski definition) is 3. The molecular weight excluding hydrogens is 423 g/mol. The predicted molar refractivity (Wildman–Crippen MR) is 126 cm³/mol. The average Bonchev–Trinajstić information content (AvgIpc) is 3.41. The Kier molecular flexibility index (Phi) is 7.19. The fourth-order valence-corrected chi connectivity index (χ4v) is 3.54. The van der Waals surface area contributed by atoms with Crippen molar-refractivity contribution >= 4 is 36.3 Å². The lowest BCUT2D eigenvalue weighted by Gasteiger charge is -2.37. The highest BCUT2D eigenvalue weighted by Gasteiger charge is 2.36. The van der Waals surface area contributed by atoms with Gasteiger partial charge in [0, 0.05) is 11.9 Å². The highest BCUT2D eigenvalue weighted by Crippen LogP contribution is 2.31. The average molecular weight is 455 g/mol. The summed E-state index contributed by atoms with van der Waals surface area (Å²) in [4.78, 5) is 24.4. The molecule has 0 bridgehead atoms. The van der Waals surface area contributed by atoms with Crippen molar-refractivity contribution in [2.45, 2.75) is 70.6 Å². The van der Waals surface area contributed by atoms with Gasteiger partial charge in [0.1, 0.15) is 5.56 Å². The lowest BCUT2D eigenvalue weighted by Crippen LogP contribution is -2.49. The van der Waals surface area contributed by atoms with Crippen LogP contribution in [-0.2, 0) is 9.39 Å². The number of carbonyl (C=O) groups is 2. The van der Waals surface area contributed by atoms with Crippen LogP contribution in [0, 0.1) is 0 Å². The molecule has 1 fully saturated rings. The molecule has 1 aliphatic rings. The number of primary amides is 1. The van der Waals surface area contributed by atoms with Crippen LogP contribution in [0.2, 0.25) is 0 Å². The van der Waals surface area contributed by atoms with Gasteiger partial charge in [0.05, 0.1) is 29.9 Å². The molecule has 0 atom stereocenters. The van der Waals surface area contributed by atoms with Crippen LogP contribution in [0.5, 0.6) is 0 Å². The van der Waals surface area contributed by atoms with Crippen molar-refractivity contribution in [1.29, 1.82) is 0 Å². The summed E-state index contributed by atoms with van der Waals surface area (Å²) in [5.41, 5.74) is 5.12. The second kappa shape index (κ2) is 9.57. The first kappa shape index (κ1) is 24.8. The van der Waals surface area contributed by atoms with Crippen LogP contribution in [-0.4, -0.2) is 52.6 Å². The number of nitrogens with one attached hydrogen (secondary N) is 1. The molecule has 1 aromatic heterocycles. The number of rotatable bonds is 9. The Labute approximate surface area is 194 Å². The highest BCUT2D eigenvalue weighted by atomic mass is 16.5. The molecule has 1 heterocycles. The lowest BCUT2D eigenvalue weighted by molar-refractivity contribution is -0.0893. The van der Waals surface area contributed by atoms with E-state index in [1.165, 1.54) is 14.6 Å². The monoisotopic (exact) mass is 455 g/mol. The zero-order chi connectivity index (χ0) is 24.4. The predicted octanol–water partition coefficient (Wildman–Crippen LogP) is 2.44. The minimum absolute atomic E-state index is 0.248. The molecule has 3 rings (SSSR count). The quantitative estimate of drug-likeness (QED) is 0.391. The normalized spacial score (nSPS) is 14.8. The molecule has 2 aromatic rings. The van der Waals surface area contributed by atoms with Gasteiger partial charge in [-0.25, -0.2) is 4.79 Å². The van der Waals surface area contributed by atoms with E-state index in [1.807, 2.05) is 0 Å². The molecule has 4 N–H and O–H groups in total. The number of hydrogen-bond acceptors (Lipinski definition) is 7. The van der Waals surface area contributed by atoms with Crippen LogP contribution in [0.4, 0.5) is 11.5 Å². The van der Waals surface area contributed by atoms with Crippen molar-refractivity contribution in [3.63, 3.8) is 0 Å². The Morgan fingerprint density at radius 1 is 1.21 bits per heavy atom. The van der Waals surface area contributed by atoms with E-state index in [0.717, 1.165) is 25.7 Å². The Morgan fingerprint density at radius 3 is 2.45 bits per heavy atom. The maximum absolute atomic E-state index is 12.4. The number of carbonyl (C=O) groups excluding carboxylic acids is 2. The molecule has 1 radical (unpaired) electrons. The van der Waals surface area contributed by atoms with Gasteiger partial charge >= 0.3 is 13.5 Å². The standard InChI is InChI=1S/C23H32BN4O5/c1-22(2,31)23(3,4)33-24-18-11-10-14(12-16(18)21(30)32-5)26-20-17(19(25)29)13-28(27-20)15-8-6-7-9-15/h10-13,15,31H,6-9H2,1-5H3,(H2,25,29)(H,26,27). The molecule has 33 heavy (non-hydrogen) atoms. The molecule has 0 aliphatic heterocycles. The summed E-state index contributed by atoms with van der Waals surface area (Å²) in [5.74, 6) is -0.801.